The summed E-state index contributed by atoms with van der Waals surface area (Å²) in [5.74, 6) is -0.469. The van der Waals surface area contributed by atoms with Crippen molar-refractivity contribution in [2.45, 2.75) is 12.6 Å². The molecule has 1 aromatic rings. The summed E-state index contributed by atoms with van der Waals surface area (Å²) in [6.07, 6.45) is -0.892. The van der Waals surface area contributed by atoms with Crippen molar-refractivity contribution in [3.05, 3.63) is 23.5 Å². The van der Waals surface area contributed by atoms with Crippen LogP contribution in [0.4, 0.5) is 4.39 Å². The van der Waals surface area contributed by atoms with Gasteiger partial charge in [-0.2, -0.15) is 0 Å². The van der Waals surface area contributed by atoms with Crippen molar-refractivity contribution in [1.82, 2.24) is 4.57 Å². The number of aromatic nitrogens is 1. The number of esters is 1. The van der Waals surface area contributed by atoms with E-state index in [0.717, 1.165) is 0 Å². The minimum atomic E-state index is -1.14. The first-order valence-corrected chi connectivity index (χ1v) is 4.69. The number of halogens is 1. The topological polar surface area (TPSA) is 57.2 Å². The summed E-state index contributed by atoms with van der Waals surface area (Å²) in [7, 11) is 2.92. The van der Waals surface area contributed by atoms with E-state index in [1.54, 1.807) is 19.2 Å². The number of hydrogen-bond acceptors (Lipinski definition) is 3. The quantitative estimate of drug-likeness (QED) is 0.765. The SMILES string of the molecule is COC(=O)c1ccc(C(F)CCN)n1C. The summed E-state index contributed by atoms with van der Waals surface area (Å²) >= 11 is 0. The molecule has 1 atom stereocenters. The number of alkyl halides is 1. The Hall–Kier alpha value is -1.36. The lowest BCUT2D eigenvalue weighted by atomic mass is 10.2. The van der Waals surface area contributed by atoms with Crippen molar-refractivity contribution in [3.63, 3.8) is 0 Å². The summed E-state index contributed by atoms with van der Waals surface area (Å²) in [6.45, 7) is 0.278. The van der Waals surface area contributed by atoms with E-state index in [-0.39, 0.29) is 13.0 Å². The van der Waals surface area contributed by atoms with Crippen LogP contribution in [0.3, 0.4) is 0 Å². The standard InChI is InChI=1S/C10H15FN2O2/c1-13-8(7(11)5-6-12)3-4-9(13)10(14)15-2/h3-4,7H,5-6,12H2,1-2H3. The molecular weight excluding hydrogens is 199 g/mol. The van der Waals surface area contributed by atoms with Crippen LogP contribution in [-0.4, -0.2) is 24.2 Å². The van der Waals surface area contributed by atoms with Crippen LogP contribution in [0.2, 0.25) is 0 Å². The Morgan fingerprint density at radius 1 is 1.67 bits per heavy atom. The summed E-state index contributed by atoms with van der Waals surface area (Å²) in [5, 5.41) is 0. The summed E-state index contributed by atoms with van der Waals surface area (Å²) < 4.78 is 19.6. The Bertz CT molecular complexity index is 349. The fraction of sp³-hybridized carbons (Fsp3) is 0.500. The maximum atomic E-state index is 13.5. The van der Waals surface area contributed by atoms with Gasteiger partial charge in [-0.15, -0.1) is 0 Å². The van der Waals surface area contributed by atoms with Gasteiger partial charge in [0.05, 0.1) is 12.8 Å². The van der Waals surface area contributed by atoms with E-state index in [1.807, 2.05) is 0 Å². The van der Waals surface area contributed by atoms with E-state index in [0.29, 0.717) is 11.4 Å². The van der Waals surface area contributed by atoms with Gasteiger partial charge in [0.15, 0.2) is 0 Å². The van der Waals surface area contributed by atoms with Crippen LogP contribution >= 0.6 is 0 Å². The maximum absolute atomic E-state index is 13.5. The molecule has 0 fully saturated rings. The Morgan fingerprint density at radius 3 is 2.87 bits per heavy atom. The Labute approximate surface area is 87.8 Å². The smallest absolute Gasteiger partial charge is 0.354 e. The van der Waals surface area contributed by atoms with Gasteiger partial charge >= 0.3 is 5.97 Å². The van der Waals surface area contributed by atoms with Gasteiger partial charge in [-0.25, -0.2) is 9.18 Å². The monoisotopic (exact) mass is 214 g/mol. The van der Waals surface area contributed by atoms with Gasteiger partial charge in [-0.1, -0.05) is 0 Å². The second-order valence-corrected chi connectivity index (χ2v) is 3.24. The van der Waals surface area contributed by atoms with E-state index < -0.39 is 12.1 Å². The van der Waals surface area contributed by atoms with Crippen LogP contribution in [0.25, 0.3) is 0 Å². The number of nitrogens with two attached hydrogens (primary N) is 1. The normalized spacial score (nSPS) is 12.5. The molecule has 4 nitrogen and oxygen atoms in total. The molecule has 5 heteroatoms. The molecule has 0 radical (unpaired) electrons. The van der Waals surface area contributed by atoms with Crippen molar-refractivity contribution in [1.29, 1.82) is 0 Å². The third-order valence-corrected chi connectivity index (χ3v) is 2.30. The Morgan fingerprint density at radius 2 is 2.33 bits per heavy atom. The number of ether oxygens (including phenoxy) is 1. The molecule has 0 aliphatic carbocycles. The first-order valence-electron chi connectivity index (χ1n) is 4.69. The van der Waals surface area contributed by atoms with Crippen molar-refractivity contribution < 1.29 is 13.9 Å². The lowest BCUT2D eigenvalue weighted by molar-refractivity contribution is 0.0589. The molecule has 84 valence electrons. The van der Waals surface area contributed by atoms with Gasteiger partial charge in [-0.05, 0) is 25.1 Å². The lowest BCUT2D eigenvalue weighted by Gasteiger charge is -2.09. The molecule has 1 rings (SSSR count). The summed E-state index contributed by atoms with van der Waals surface area (Å²) in [4.78, 5) is 11.2. The number of rotatable bonds is 4. The molecule has 1 heterocycles. The van der Waals surface area contributed by atoms with Gasteiger partial charge in [-0.3, -0.25) is 0 Å². The zero-order chi connectivity index (χ0) is 11.4. The lowest BCUT2D eigenvalue weighted by Crippen LogP contribution is -2.12. The highest BCUT2D eigenvalue weighted by Crippen LogP contribution is 2.22. The van der Waals surface area contributed by atoms with Crippen LogP contribution < -0.4 is 5.73 Å². The molecule has 2 N–H and O–H groups in total. The second-order valence-electron chi connectivity index (χ2n) is 3.24. The fourth-order valence-electron chi connectivity index (χ4n) is 1.45. The molecule has 1 aromatic heterocycles. The number of carbonyl (C=O) groups excluding carboxylic acids is 1. The van der Waals surface area contributed by atoms with Crippen molar-refractivity contribution in [3.8, 4) is 0 Å². The van der Waals surface area contributed by atoms with Crippen LogP contribution in [0, 0.1) is 0 Å². The van der Waals surface area contributed by atoms with Gasteiger partial charge in [0.2, 0.25) is 0 Å². The predicted octanol–water partition coefficient (Wildman–Crippen LogP) is 1.17. The van der Waals surface area contributed by atoms with Crippen LogP contribution in [0.1, 0.15) is 28.8 Å². The minimum Gasteiger partial charge on any atom is -0.464 e. The van der Waals surface area contributed by atoms with E-state index in [9.17, 15) is 9.18 Å². The maximum Gasteiger partial charge on any atom is 0.354 e. The van der Waals surface area contributed by atoms with Gasteiger partial charge in [0, 0.05) is 7.05 Å². The average Bonchev–Trinajstić information content (AvgIpc) is 2.59. The van der Waals surface area contributed by atoms with E-state index >= 15 is 0 Å². The van der Waals surface area contributed by atoms with Crippen molar-refractivity contribution >= 4 is 5.97 Å². The van der Waals surface area contributed by atoms with Crippen molar-refractivity contribution in [2.24, 2.45) is 12.8 Å². The summed E-state index contributed by atoms with van der Waals surface area (Å²) in [6, 6.07) is 3.12. The van der Waals surface area contributed by atoms with Crippen LogP contribution in [0.5, 0.6) is 0 Å². The Kier molecular flexibility index (Phi) is 3.85. The van der Waals surface area contributed by atoms with Gasteiger partial charge in [0.1, 0.15) is 11.9 Å². The van der Waals surface area contributed by atoms with E-state index in [1.165, 1.54) is 11.7 Å². The number of nitrogens with zero attached hydrogens (tertiary/aromatic N) is 1. The first kappa shape index (κ1) is 11.7. The average molecular weight is 214 g/mol. The third kappa shape index (κ3) is 2.36. The second kappa shape index (κ2) is 4.93. The molecule has 0 amide bonds. The predicted molar refractivity (Wildman–Crippen MR) is 54.3 cm³/mol. The van der Waals surface area contributed by atoms with Crippen molar-refractivity contribution in [2.75, 3.05) is 13.7 Å². The van der Waals surface area contributed by atoms with Crippen LogP contribution in [0.15, 0.2) is 12.1 Å². The van der Waals surface area contributed by atoms with E-state index in [4.69, 9.17) is 5.73 Å². The molecule has 0 spiro atoms. The highest BCUT2D eigenvalue weighted by molar-refractivity contribution is 5.87. The number of methoxy groups -OCH3 is 1. The Balaban J connectivity index is 2.93. The molecule has 15 heavy (non-hydrogen) atoms. The number of hydrogen-bond donors (Lipinski definition) is 1. The highest BCUT2D eigenvalue weighted by atomic mass is 19.1. The fourth-order valence-corrected chi connectivity index (χ4v) is 1.45. The zero-order valence-electron chi connectivity index (χ0n) is 8.87. The molecule has 0 aliphatic rings. The molecule has 0 bridgehead atoms. The molecule has 0 aliphatic heterocycles. The van der Waals surface area contributed by atoms with E-state index in [2.05, 4.69) is 4.74 Å². The first-order chi connectivity index (χ1) is 7.11. The summed E-state index contributed by atoms with van der Waals surface area (Å²) in [5.41, 5.74) is 6.05. The highest BCUT2D eigenvalue weighted by Gasteiger charge is 2.18. The number of carbonyl (C=O) groups is 1. The molecule has 1 unspecified atom stereocenters. The molecule has 0 aromatic carbocycles. The molecule has 0 saturated heterocycles. The third-order valence-electron chi connectivity index (χ3n) is 2.30. The molecule has 0 saturated carbocycles. The van der Waals surface area contributed by atoms with Gasteiger partial charge in [0.25, 0.3) is 0 Å². The van der Waals surface area contributed by atoms with Crippen LogP contribution in [-0.2, 0) is 11.8 Å². The zero-order valence-corrected chi connectivity index (χ0v) is 8.87. The van der Waals surface area contributed by atoms with Gasteiger partial charge < -0.3 is 15.0 Å². The molecular formula is C10H15FN2O2. The minimum absolute atomic E-state index is 0.248. The largest absolute Gasteiger partial charge is 0.464 e.